The number of carbonyl (C=O) groups is 1. The van der Waals surface area contributed by atoms with E-state index in [9.17, 15) is 4.79 Å². The maximum atomic E-state index is 12.4. The molecule has 1 aliphatic heterocycles. The molecule has 1 aromatic rings. The van der Waals surface area contributed by atoms with Crippen LogP contribution in [0, 0.1) is 5.41 Å². The van der Waals surface area contributed by atoms with Gasteiger partial charge in [0.2, 0.25) is 5.91 Å². The van der Waals surface area contributed by atoms with Crippen molar-refractivity contribution in [1.82, 2.24) is 4.90 Å². The van der Waals surface area contributed by atoms with Gasteiger partial charge in [0.15, 0.2) is 0 Å². The third-order valence-corrected chi connectivity index (χ3v) is 4.30. The number of anilines is 1. The monoisotopic (exact) mass is 309 g/mol. The van der Waals surface area contributed by atoms with Crippen LogP contribution in [0.25, 0.3) is 0 Å². The van der Waals surface area contributed by atoms with E-state index in [4.69, 9.17) is 17.3 Å². The van der Waals surface area contributed by atoms with E-state index in [0.29, 0.717) is 13.1 Å². The summed E-state index contributed by atoms with van der Waals surface area (Å²) in [7, 11) is 0. The van der Waals surface area contributed by atoms with E-state index in [1.54, 1.807) is 0 Å². The van der Waals surface area contributed by atoms with Crippen LogP contribution in [0.5, 0.6) is 0 Å². The van der Waals surface area contributed by atoms with Gasteiger partial charge in [0.1, 0.15) is 0 Å². The molecule has 1 fully saturated rings. The first kappa shape index (κ1) is 16.1. The maximum absolute atomic E-state index is 12.4. The van der Waals surface area contributed by atoms with Crippen LogP contribution < -0.4 is 10.6 Å². The summed E-state index contributed by atoms with van der Waals surface area (Å²) >= 11 is 6.22. The second-order valence-electron chi connectivity index (χ2n) is 6.61. The number of carbonyl (C=O) groups excluding carboxylic acids is 1. The van der Waals surface area contributed by atoms with Crippen LogP contribution in [0.3, 0.4) is 0 Å². The molecule has 0 unspecified atom stereocenters. The zero-order chi connectivity index (χ0) is 15.6. The molecule has 1 saturated heterocycles. The highest BCUT2D eigenvalue weighted by atomic mass is 35.5. The number of rotatable bonds is 2. The summed E-state index contributed by atoms with van der Waals surface area (Å²) in [5.41, 5.74) is 6.89. The van der Waals surface area contributed by atoms with E-state index in [1.807, 2.05) is 49.9 Å². The van der Waals surface area contributed by atoms with Crippen LogP contribution in [0.4, 0.5) is 5.69 Å². The molecule has 2 rings (SSSR count). The molecule has 0 aliphatic carbocycles. The summed E-state index contributed by atoms with van der Waals surface area (Å²) < 4.78 is 0. The Balaban J connectivity index is 1.98. The van der Waals surface area contributed by atoms with Crippen molar-refractivity contribution < 1.29 is 4.79 Å². The fourth-order valence-corrected chi connectivity index (χ4v) is 2.70. The van der Waals surface area contributed by atoms with Crippen LogP contribution >= 0.6 is 11.6 Å². The number of benzene rings is 1. The average molecular weight is 310 g/mol. The highest BCUT2D eigenvalue weighted by Crippen LogP contribution is 2.26. The minimum Gasteiger partial charge on any atom is -0.367 e. The predicted molar refractivity (Wildman–Crippen MR) is 87.7 cm³/mol. The molecule has 4 nitrogen and oxygen atoms in total. The Morgan fingerprint density at radius 3 is 2.29 bits per heavy atom. The third kappa shape index (κ3) is 3.69. The summed E-state index contributed by atoms with van der Waals surface area (Å²) in [5.74, 6) is 0.0429. The molecule has 116 valence electrons. The molecule has 1 aromatic carbocycles. The van der Waals surface area contributed by atoms with Crippen LogP contribution in [0.2, 0.25) is 5.02 Å². The number of amides is 1. The summed E-state index contributed by atoms with van der Waals surface area (Å²) in [4.78, 5) is 16.5. The van der Waals surface area contributed by atoms with Gasteiger partial charge in [0, 0.05) is 26.2 Å². The number of para-hydroxylation sites is 1. The highest BCUT2D eigenvalue weighted by Gasteiger charge is 2.32. The van der Waals surface area contributed by atoms with E-state index < -0.39 is 6.04 Å². The van der Waals surface area contributed by atoms with Crippen molar-refractivity contribution >= 4 is 23.2 Å². The molecule has 0 aromatic heterocycles. The van der Waals surface area contributed by atoms with Crippen molar-refractivity contribution in [2.24, 2.45) is 11.1 Å². The van der Waals surface area contributed by atoms with Crippen molar-refractivity contribution in [3.8, 4) is 0 Å². The molecule has 1 heterocycles. The van der Waals surface area contributed by atoms with Crippen LogP contribution in [0.1, 0.15) is 20.8 Å². The van der Waals surface area contributed by atoms with Gasteiger partial charge in [-0.15, -0.1) is 0 Å². The van der Waals surface area contributed by atoms with Gasteiger partial charge in [-0.05, 0) is 17.5 Å². The van der Waals surface area contributed by atoms with Gasteiger partial charge < -0.3 is 15.5 Å². The standard InChI is InChI=1S/C16H24ClN3O/c1-16(2,3)14(18)15(21)20-10-8-19(9-11-20)13-7-5-4-6-12(13)17/h4-7,14H,8-11,18H2,1-3H3/t14-/m1/s1. The smallest absolute Gasteiger partial charge is 0.240 e. The van der Waals surface area contributed by atoms with Crippen LogP contribution in [0.15, 0.2) is 24.3 Å². The predicted octanol–water partition coefficient (Wildman–Crippen LogP) is 2.36. The molecule has 0 radical (unpaired) electrons. The molecule has 1 atom stereocenters. The van der Waals surface area contributed by atoms with Crippen molar-refractivity contribution in [1.29, 1.82) is 0 Å². The van der Waals surface area contributed by atoms with E-state index >= 15 is 0 Å². The largest absolute Gasteiger partial charge is 0.367 e. The summed E-state index contributed by atoms with van der Waals surface area (Å²) in [6, 6.07) is 7.36. The molecule has 21 heavy (non-hydrogen) atoms. The quantitative estimate of drug-likeness (QED) is 0.912. The average Bonchev–Trinajstić information content (AvgIpc) is 2.45. The molecule has 1 amide bonds. The van der Waals surface area contributed by atoms with Crippen molar-refractivity contribution in [2.45, 2.75) is 26.8 Å². The molecule has 0 saturated carbocycles. The second kappa shape index (κ2) is 6.24. The minimum absolute atomic E-state index is 0.0429. The first-order chi connectivity index (χ1) is 9.80. The lowest BCUT2D eigenvalue weighted by atomic mass is 9.86. The number of piperazine rings is 1. The fourth-order valence-electron chi connectivity index (χ4n) is 2.44. The maximum Gasteiger partial charge on any atom is 0.240 e. The Morgan fingerprint density at radius 2 is 1.76 bits per heavy atom. The van der Waals surface area contributed by atoms with Crippen molar-refractivity contribution in [3.05, 3.63) is 29.3 Å². The van der Waals surface area contributed by atoms with Gasteiger partial charge in [-0.1, -0.05) is 44.5 Å². The normalized spacial score (nSPS) is 17.8. The van der Waals surface area contributed by atoms with E-state index in [1.165, 1.54) is 0 Å². The molecule has 0 spiro atoms. The van der Waals surface area contributed by atoms with E-state index in [-0.39, 0.29) is 11.3 Å². The van der Waals surface area contributed by atoms with Crippen LogP contribution in [-0.4, -0.2) is 43.0 Å². The summed E-state index contributed by atoms with van der Waals surface area (Å²) in [6.45, 7) is 8.93. The number of nitrogens with two attached hydrogens (primary N) is 1. The zero-order valence-electron chi connectivity index (χ0n) is 13.0. The molecule has 0 bridgehead atoms. The Bertz CT molecular complexity index is 504. The van der Waals surface area contributed by atoms with Gasteiger partial charge in [-0.2, -0.15) is 0 Å². The Hall–Kier alpha value is -1.26. The third-order valence-electron chi connectivity index (χ3n) is 3.98. The Morgan fingerprint density at radius 1 is 1.19 bits per heavy atom. The zero-order valence-corrected chi connectivity index (χ0v) is 13.7. The summed E-state index contributed by atoms with van der Waals surface area (Å²) in [5, 5.41) is 0.753. The highest BCUT2D eigenvalue weighted by molar-refractivity contribution is 6.33. The number of hydrogen-bond donors (Lipinski definition) is 1. The van der Waals surface area contributed by atoms with E-state index in [2.05, 4.69) is 4.90 Å². The fraction of sp³-hybridized carbons (Fsp3) is 0.562. The molecular formula is C16H24ClN3O. The van der Waals surface area contributed by atoms with Crippen molar-refractivity contribution in [3.63, 3.8) is 0 Å². The topological polar surface area (TPSA) is 49.6 Å². The lowest BCUT2D eigenvalue weighted by Gasteiger charge is -2.39. The Kier molecular flexibility index (Phi) is 4.79. The van der Waals surface area contributed by atoms with Gasteiger partial charge in [-0.3, -0.25) is 4.79 Å². The van der Waals surface area contributed by atoms with Crippen molar-refractivity contribution in [2.75, 3.05) is 31.1 Å². The molecule has 2 N–H and O–H groups in total. The summed E-state index contributed by atoms with van der Waals surface area (Å²) in [6.07, 6.45) is 0. The SMILES string of the molecule is CC(C)(C)[C@H](N)C(=O)N1CCN(c2ccccc2Cl)CC1. The lowest BCUT2D eigenvalue weighted by Crippen LogP contribution is -2.56. The number of halogens is 1. The van der Waals surface area contributed by atoms with E-state index in [0.717, 1.165) is 23.8 Å². The Labute approximate surface area is 131 Å². The van der Waals surface area contributed by atoms with Gasteiger partial charge in [0.25, 0.3) is 0 Å². The molecular weight excluding hydrogens is 286 g/mol. The number of hydrogen-bond acceptors (Lipinski definition) is 3. The minimum atomic E-state index is -0.454. The molecule has 1 aliphatic rings. The second-order valence-corrected chi connectivity index (χ2v) is 7.01. The van der Waals surface area contributed by atoms with Gasteiger partial charge in [-0.25, -0.2) is 0 Å². The number of nitrogens with zero attached hydrogens (tertiary/aromatic N) is 2. The lowest BCUT2D eigenvalue weighted by molar-refractivity contribution is -0.135. The van der Waals surface area contributed by atoms with Gasteiger partial charge >= 0.3 is 0 Å². The first-order valence-electron chi connectivity index (χ1n) is 7.34. The van der Waals surface area contributed by atoms with Gasteiger partial charge in [0.05, 0.1) is 16.8 Å². The first-order valence-corrected chi connectivity index (χ1v) is 7.72. The molecule has 5 heteroatoms. The van der Waals surface area contributed by atoms with Crippen LogP contribution in [-0.2, 0) is 4.79 Å².